The Bertz CT molecular complexity index is 680. The first-order chi connectivity index (χ1) is 10.0. The molecule has 0 saturated heterocycles. The van der Waals surface area contributed by atoms with Gasteiger partial charge in [-0.05, 0) is 19.1 Å². The standard InChI is InChI=1S/C13H13N3O5/c1-8-10(16(18)19)3-2-4-11(8)21-7-9-5-6-20-12(9)13(17)15-14/h2-6H,7,14H2,1H3,(H,15,17). The van der Waals surface area contributed by atoms with E-state index in [1.165, 1.54) is 18.4 Å². The first-order valence-electron chi connectivity index (χ1n) is 5.98. The molecule has 0 saturated carbocycles. The normalized spacial score (nSPS) is 10.2. The van der Waals surface area contributed by atoms with E-state index in [9.17, 15) is 14.9 Å². The molecule has 2 aromatic rings. The summed E-state index contributed by atoms with van der Waals surface area (Å²) in [5, 5.41) is 10.9. The summed E-state index contributed by atoms with van der Waals surface area (Å²) in [5.74, 6) is 4.87. The first-order valence-corrected chi connectivity index (χ1v) is 5.98. The van der Waals surface area contributed by atoms with Crippen molar-refractivity contribution in [1.82, 2.24) is 5.43 Å². The molecule has 8 nitrogen and oxygen atoms in total. The van der Waals surface area contributed by atoms with Crippen LogP contribution in [-0.4, -0.2) is 10.8 Å². The molecule has 0 aliphatic heterocycles. The quantitative estimate of drug-likeness (QED) is 0.374. The van der Waals surface area contributed by atoms with Crippen LogP contribution in [0.15, 0.2) is 34.9 Å². The Labute approximate surface area is 119 Å². The summed E-state index contributed by atoms with van der Waals surface area (Å²) in [7, 11) is 0. The number of nitrogens with one attached hydrogen (secondary N) is 1. The molecule has 0 aliphatic rings. The van der Waals surface area contributed by atoms with Crippen LogP contribution in [0, 0.1) is 17.0 Å². The second kappa shape index (κ2) is 6.06. The monoisotopic (exact) mass is 291 g/mol. The number of amides is 1. The van der Waals surface area contributed by atoms with Crippen molar-refractivity contribution in [3.8, 4) is 5.75 Å². The smallest absolute Gasteiger partial charge is 0.301 e. The van der Waals surface area contributed by atoms with E-state index in [1.54, 1.807) is 19.1 Å². The van der Waals surface area contributed by atoms with Gasteiger partial charge in [-0.1, -0.05) is 6.07 Å². The van der Waals surface area contributed by atoms with Gasteiger partial charge in [0.1, 0.15) is 12.4 Å². The van der Waals surface area contributed by atoms with E-state index in [4.69, 9.17) is 15.0 Å². The molecule has 0 radical (unpaired) electrons. The van der Waals surface area contributed by atoms with E-state index >= 15 is 0 Å². The average molecular weight is 291 g/mol. The second-order valence-electron chi connectivity index (χ2n) is 4.19. The molecule has 110 valence electrons. The summed E-state index contributed by atoms with van der Waals surface area (Å²) in [6.45, 7) is 1.62. The number of hydrazine groups is 1. The molecule has 1 aromatic heterocycles. The lowest BCUT2D eigenvalue weighted by molar-refractivity contribution is -0.385. The van der Waals surface area contributed by atoms with E-state index in [1.807, 2.05) is 5.43 Å². The molecular weight excluding hydrogens is 278 g/mol. The number of nitrogens with zero attached hydrogens (tertiary/aromatic N) is 1. The van der Waals surface area contributed by atoms with Gasteiger partial charge in [-0.2, -0.15) is 0 Å². The van der Waals surface area contributed by atoms with Gasteiger partial charge in [0.05, 0.1) is 16.7 Å². The Hall–Kier alpha value is -2.87. The van der Waals surface area contributed by atoms with Gasteiger partial charge in [0, 0.05) is 11.6 Å². The number of ether oxygens (including phenoxy) is 1. The Morgan fingerprint density at radius 2 is 2.24 bits per heavy atom. The zero-order chi connectivity index (χ0) is 15.4. The topological polar surface area (TPSA) is 121 Å². The maximum Gasteiger partial charge on any atom is 0.301 e. The molecule has 1 heterocycles. The summed E-state index contributed by atoms with van der Waals surface area (Å²) in [6, 6.07) is 6.11. The first kappa shape index (κ1) is 14.5. The van der Waals surface area contributed by atoms with Crippen molar-refractivity contribution < 1.29 is 18.9 Å². The van der Waals surface area contributed by atoms with Crippen LogP contribution in [-0.2, 0) is 6.61 Å². The third kappa shape index (κ3) is 3.00. The van der Waals surface area contributed by atoms with Crippen molar-refractivity contribution in [2.45, 2.75) is 13.5 Å². The summed E-state index contributed by atoms with van der Waals surface area (Å²) < 4.78 is 10.5. The van der Waals surface area contributed by atoms with Crippen molar-refractivity contribution in [2.75, 3.05) is 0 Å². The fraction of sp³-hybridized carbons (Fsp3) is 0.154. The summed E-state index contributed by atoms with van der Waals surface area (Å²) >= 11 is 0. The SMILES string of the molecule is Cc1c(OCc2ccoc2C(=O)NN)cccc1[N+](=O)[O-]. The number of nitrogen functional groups attached to an aromatic ring is 1. The minimum atomic E-state index is -0.575. The minimum Gasteiger partial charge on any atom is -0.488 e. The maximum absolute atomic E-state index is 11.4. The molecule has 0 bridgehead atoms. The van der Waals surface area contributed by atoms with Crippen molar-refractivity contribution >= 4 is 11.6 Å². The van der Waals surface area contributed by atoms with E-state index in [0.717, 1.165) is 0 Å². The van der Waals surface area contributed by atoms with Crippen LogP contribution in [0.3, 0.4) is 0 Å². The molecule has 0 atom stereocenters. The van der Waals surface area contributed by atoms with Gasteiger partial charge < -0.3 is 9.15 Å². The molecule has 1 aromatic carbocycles. The number of carbonyl (C=O) groups is 1. The second-order valence-corrected chi connectivity index (χ2v) is 4.19. The average Bonchev–Trinajstić information content (AvgIpc) is 2.93. The van der Waals surface area contributed by atoms with E-state index < -0.39 is 10.8 Å². The summed E-state index contributed by atoms with van der Waals surface area (Å²) in [5.41, 5.74) is 2.84. The van der Waals surface area contributed by atoms with Gasteiger partial charge in [-0.3, -0.25) is 20.3 Å². The molecule has 3 N–H and O–H groups in total. The van der Waals surface area contributed by atoms with Gasteiger partial charge in [-0.25, -0.2) is 5.84 Å². The number of rotatable bonds is 5. The van der Waals surface area contributed by atoms with Gasteiger partial charge >= 0.3 is 5.91 Å². The van der Waals surface area contributed by atoms with Crippen LogP contribution >= 0.6 is 0 Å². The van der Waals surface area contributed by atoms with Crippen LogP contribution < -0.4 is 16.0 Å². The van der Waals surface area contributed by atoms with E-state index in [-0.39, 0.29) is 18.1 Å². The molecule has 0 fully saturated rings. The highest BCUT2D eigenvalue weighted by Crippen LogP contribution is 2.28. The third-order valence-corrected chi connectivity index (χ3v) is 2.92. The van der Waals surface area contributed by atoms with Crippen LogP contribution in [0.2, 0.25) is 0 Å². The van der Waals surface area contributed by atoms with Crippen LogP contribution in [0.1, 0.15) is 21.7 Å². The van der Waals surface area contributed by atoms with E-state index in [2.05, 4.69) is 0 Å². The Morgan fingerprint density at radius 3 is 2.90 bits per heavy atom. The third-order valence-electron chi connectivity index (χ3n) is 2.92. The molecule has 0 aliphatic carbocycles. The highest BCUT2D eigenvalue weighted by atomic mass is 16.6. The van der Waals surface area contributed by atoms with Gasteiger partial charge in [-0.15, -0.1) is 0 Å². The Morgan fingerprint density at radius 1 is 1.48 bits per heavy atom. The van der Waals surface area contributed by atoms with Crippen LogP contribution in [0.5, 0.6) is 5.75 Å². The molecule has 1 amide bonds. The molecular formula is C13H13N3O5. The zero-order valence-corrected chi connectivity index (χ0v) is 11.2. The van der Waals surface area contributed by atoms with Crippen LogP contribution in [0.25, 0.3) is 0 Å². The predicted molar refractivity (Wildman–Crippen MR) is 72.5 cm³/mol. The van der Waals surface area contributed by atoms with E-state index in [0.29, 0.717) is 16.9 Å². The fourth-order valence-electron chi connectivity index (χ4n) is 1.83. The zero-order valence-electron chi connectivity index (χ0n) is 11.2. The maximum atomic E-state index is 11.4. The van der Waals surface area contributed by atoms with Crippen LogP contribution in [0.4, 0.5) is 5.69 Å². The number of nitrogens with two attached hydrogens (primary N) is 1. The Balaban J connectivity index is 2.18. The predicted octanol–water partition coefficient (Wildman–Crippen LogP) is 1.68. The van der Waals surface area contributed by atoms with Crippen molar-refractivity contribution in [3.05, 3.63) is 57.5 Å². The number of benzene rings is 1. The summed E-state index contributed by atoms with van der Waals surface area (Å²) in [4.78, 5) is 21.8. The van der Waals surface area contributed by atoms with Crippen molar-refractivity contribution in [2.24, 2.45) is 5.84 Å². The number of carbonyl (C=O) groups excluding carboxylic acids is 1. The van der Waals surface area contributed by atoms with Gasteiger partial charge in [0.2, 0.25) is 0 Å². The van der Waals surface area contributed by atoms with Crippen molar-refractivity contribution in [3.63, 3.8) is 0 Å². The number of hydrogen-bond donors (Lipinski definition) is 2. The van der Waals surface area contributed by atoms with Gasteiger partial charge in [0.25, 0.3) is 5.69 Å². The largest absolute Gasteiger partial charge is 0.488 e. The van der Waals surface area contributed by atoms with Crippen molar-refractivity contribution in [1.29, 1.82) is 0 Å². The lowest BCUT2D eigenvalue weighted by Gasteiger charge is -2.09. The number of hydrogen-bond acceptors (Lipinski definition) is 6. The lowest BCUT2D eigenvalue weighted by Crippen LogP contribution is -2.30. The molecule has 21 heavy (non-hydrogen) atoms. The number of nitro groups is 1. The molecule has 2 rings (SSSR count). The molecule has 0 spiro atoms. The minimum absolute atomic E-state index is 0.0281. The number of nitro benzene ring substituents is 1. The fourth-order valence-corrected chi connectivity index (χ4v) is 1.83. The number of furan rings is 1. The molecule has 0 unspecified atom stereocenters. The van der Waals surface area contributed by atoms with Gasteiger partial charge in [0.15, 0.2) is 5.76 Å². The summed E-state index contributed by atoms with van der Waals surface area (Å²) in [6.07, 6.45) is 1.34. The Kier molecular flexibility index (Phi) is 4.19. The molecule has 8 heteroatoms. The highest BCUT2D eigenvalue weighted by Gasteiger charge is 2.17. The highest BCUT2D eigenvalue weighted by molar-refractivity contribution is 5.92. The lowest BCUT2D eigenvalue weighted by atomic mass is 10.2.